The van der Waals surface area contributed by atoms with Crippen LogP contribution in [0, 0.1) is 16.7 Å². The van der Waals surface area contributed by atoms with Crippen LogP contribution in [-0.4, -0.2) is 5.11 Å². The first kappa shape index (κ1) is 11.7. The zero-order chi connectivity index (χ0) is 12.6. The Morgan fingerprint density at radius 1 is 1.28 bits per heavy atom. The first-order valence-corrected chi connectivity index (χ1v) is 6.94. The molecule has 1 N–H and O–H groups in total. The summed E-state index contributed by atoms with van der Waals surface area (Å²) in [5, 5.41) is 20.0. The van der Waals surface area contributed by atoms with E-state index in [0.717, 1.165) is 31.2 Å². The Kier molecular flexibility index (Phi) is 2.87. The van der Waals surface area contributed by atoms with E-state index in [1.54, 1.807) is 0 Å². The predicted molar refractivity (Wildman–Crippen MR) is 69.9 cm³/mol. The summed E-state index contributed by atoms with van der Waals surface area (Å²) in [7, 11) is 0. The van der Waals surface area contributed by atoms with Crippen LogP contribution in [0.25, 0.3) is 0 Å². The normalized spacial score (nSPS) is 23.6. The average Bonchev–Trinajstić information content (AvgIpc) is 3.16. The summed E-state index contributed by atoms with van der Waals surface area (Å²) >= 11 is 0. The highest BCUT2D eigenvalue weighted by atomic mass is 16.3. The van der Waals surface area contributed by atoms with Crippen molar-refractivity contribution in [3.05, 3.63) is 35.4 Å². The van der Waals surface area contributed by atoms with Crippen molar-refractivity contribution in [2.75, 3.05) is 0 Å². The minimum absolute atomic E-state index is 0.540. The Balaban J connectivity index is 1.89. The van der Waals surface area contributed by atoms with Crippen LogP contribution in [0.1, 0.15) is 61.7 Å². The fourth-order valence-corrected chi connectivity index (χ4v) is 3.17. The van der Waals surface area contributed by atoms with Crippen LogP contribution in [0.3, 0.4) is 0 Å². The second-order valence-corrected chi connectivity index (χ2v) is 5.82. The molecule has 1 aromatic carbocycles. The Labute approximate surface area is 108 Å². The maximum Gasteiger partial charge on any atom is 0.0976 e. The predicted octanol–water partition coefficient (Wildman–Crippen LogP) is 3.68. The van der Waals surface area contributed by atoms with Crippen LogP contribution >= 0.6 is 0 Å². The molecule has 0 saturated heterocycles. The molecule has 2 aliphatic carbocycles. The quantitative estimate of drug-likeness (QED) is 0.877. The zero-order valence-electron chi connectivity index (χ0n) is 10.6. The largest absolute Gasteiger partial charge is 0.387 e. The lowest BCUT2D eigenvalue weighted by Crippen LogP contribution is -2.24. The number of aliphatic hydroxyl groups is 1. The third kappa shape index (κ3) is 1.93. The second kappa shape index (κ2) is 4.40. The standard InChI is InChI=1S/C16H19NO/c17-11-16(8-1-2-9-16)15(18)14-5-3-4-13(10-14)12-6-7-12/h3-5,10,12,15,18H,1-2,6-9H2. The van der Waals surface area contributed by atoms with Crippen LogP contribution in [-0.2, 0) is 0 Å². The third-order valence-electron chi connectivity index (χ3n) is 4.52. The van der Waals surface area contributed by atoms with Crippen molar-refractivity contribution in [3.63, 3.8) is 0 Å². The molecule has 3 rings (SSSR count). The first-order chi connectivity index (χ1) is 8.75. The van der Waals surface area contributed by atoms with Gasteiger partial charge in [-0.25, -0.2) is 0 Å². The monoisotopic (exact) mass is 241 g/mol. The molecule has 2 fully saturated rings. The summed E-state index contributed by atoms with van der Waals surface area (Å²) in [4.78, 5) is 0. The van der Waals surface area contributed by atoms with Gasteiger partial charge in [-0.3, -0.25) is 0 Å². The van der Waals surface area contributed by atoms with E-state index in [0.29, 0.717) is 5.92 Å². The number of nitrogens with zero attached hydrogens (tertiary/aromatic N) is 1. The topological polar surface area (TPSA) is 44.0 Å². The van der Waals surface area contributed by atoms with Crippen molar-refractivity contribution < 1.29 is 5.11 Å². The van der Waals surface area contributed by atoms with Gasteiger partial charge in [0.2, 0.25) is 0 Å². The minimum atomic E-state index is -0.622. The van der Waals surface area contributed by atoms with Crippen molar-refractivity contribution in [2.24, 2.45) is 5.41 Å². The molecule has 0 heterocycles. The van der Waals surface area contributed by atoms with Crippen molar-refractivity contribution >= 4 is 0 Å². The van der Waals surface area contributed by atoms with Gasteiger partial charge in [0.15, 0.2) is 0 Å². The summed E-state index contributed by atoms with van der Waals surface area (Å²) in [6.07, 6.45) is 5.70. The molecule has 1 atom stereocenters. The smallest absolute Gasteiger partial charge is 0.0976 e. The Morgan fingerprint density at radius 3 is 2.61 bits per heavy atom. The molecule has 0 aromatic heterocycles. The highest BCUT2D eigenvalue weighted by Crippen LogP contribution is 2.48. The van der Waals surface area contributed by atoms with Crippen molar-refractivity contribution in [1.29, 1.82) is 5.26 Å². The Hall–Kier alpha value is -1.33. The fourth-order valence-electron chi connectivity index (χ4n) is 3.17. The van der Waals surface area contributed by atoms with Gasteiger partial charge < -0.3 is 5.11 Å². The van der Waals surface area contributed by atoms with E-state index >= 15 is 0 Å². The zero-order valence-corrected chi connectivity index (χ0v) is 10.6. The number of nitriles is 1. The van der Waals surface area contributed by atoms with Crippen LogP contribution in [0.4, 0.5) is 0 Å². The molecule has 2 heteroatoms. The Morgan fingerprint density at radius 2 is 2.00 bits per heavy atom. The van der Waals surface area contributed by atoms with Crippen LogP contribution < -0.4 is 0 Å². The molecule has 0 aliphatic heterocycles. The summed E-state index contributed by atoms with van der Waals surface area (Å²) in [6.45, 7) is 0. The van der Waals surface area contributed by atoms with Gasteiger partial charge in [0, 0.05) is 0 Å². The van der Waals surface area contributed by atoms with Crippen LogP contribution in [0.5, 0.6) is 0 Å². The molecule has 2 aliphatic rings. The molecule has 0 bridgehead atoms. The highest BCUT2D eigenvalue weighted by molar-refractivity contribution is 5.32. The van der Waals surface area contributed by atoms with E-state index in [-0.39, 0.29) is 0 Å². The minimum Gasteiger partial charge on any atom is -0.387 e. The second-order valence-electron chi connectivity index (χ2n) is 5.82. The van der Waals surface area contributed by atoms with Crippen molar-refractivity contribution in [3.8, 4) is 6.07 Å². The van der Waals surface area contributed by atoms with E-state index < -0.39 is 11.5 Å². The first-order valence-electron chi connectivity index (χ1n) is 6.94. The van der Waals surface area contributed by atoms with Gasteiger partial charge in [0.1, 0.15) is 0 Å². The van der Waals surface area contributed by atoms with E-state index in [2.05, 4.69) is 18.2 Å². The summed E-state index contributed by atoms with van der Waals surface area (Å²) in [5.74, 6) is 0.693. The number of rotatable bonds is 3. The van der Waals surface area contributed by atoms with Gasteiger partial charge in [-0.2, -0.15) is 5.26 Å². The van der Waals surface area contributed by atoms with Crippen LogP contribution in [0.2, 0.25) is 0 Å². The van der Waals surface area contributed by atoms with Gasteiger partial charge in [0.05, 0.1) is 17.6 Å². The number of benzene rings is 1. The third-order valence-corrected chi connectivity index (χ3v) is 4.52. The van der Waals surface area contributed by atoms with Gasteiger partial charge in [-0.15, -0.1) is 0 Å². The average molecular weight is 241 g/mol. The lowest BCUT2D eigenvalue weighted by molar-refractivity contribution is 0.0670. The van der Waals surface area contributed by atoms with Gasteiger partial charge >= 0.3 is 0 Å². The molecule has 1 aromatic rings. The van der Waals surface area contributed by atoms with E-state index in [1.807, 2.05) is 12.1 Å². The molecular weight excluding hydrogens is 222 g/mol. The van der Waals surface area contributed by atoms with E-state index in [4.69, 9.17) is 0 Å². The number of aliphatic hydroxyl groups excluding tert-OH is 1. The fraction of sp³-hybridized carbons (Fsp3) is 0.562. The molecule has 0 spiro atoms. The molecule has 0 radical (unpaired) electrons. The molecule has 0 amide bonds. The summed E-state index contributed by atoms with van der Waals surface area (Å²) in [5.41, 5.74) is 1.72. The molecule has 18 heavy (non-hydrogen) atoms. The number of hydrogen-bond acceptors (Lipinski definition) is 2. The lowest BCUT2D eigenvalue weighted by atomic mass is 9.78. The van der Waals surface area contributed by atoms with Crippen LogP contribution in [0.15, 0.2) is 24.3 Å². The summed E-state index contributed by atoms with van der Waals surface area (Å²) in [6, 6.07) is 10.6. The van der Waals surface area contributed by atoms with Gasteiger partial charge in [0.25, 0.3) is 0 Å². The number of hydrogen-bond donors (Lipinski definition) is 1. The van der Waals surface area contributed by atoms with Gasteiger partial charge in [-0.1, -0.05) is 37.1 Å². The molecular formula is C16H19NO. The maximum absolute atomic E-state index is 10.6. The maximum atomic E-state index is 10.6. The highest BCUT2D eigenvalue weighted by Gasteiger charge is 2.42. The molecule has 1 unspecified atom stereocenters. The lowest BCUT2D eigenvalue weighted by Gasteiger charge is -2.27. The van der Waals surface area contributed by atoms with Gasteiger partial charge in [-0.05, 0) is 42.7 Å². The summed E-state index contributed by atoms with van der Waals surface area (Å²) < 4.78 is 0. The Bertz CT molecular complexity index is 478. The molecule has 2 nitrogen and oxygen atoms in total. The SMILES string of the molecule is N#CC1(C(O)c2cccc(C3CC3)c2)CCCC1. The van der Waals surface area contributed by atoms with E-state index in [1.165, 1.54) is 18.4 Å². The molecule has 2 saturated carbocycles. The van der Waals surface area contributed by atoms with Crippen molar-refractivity contribution in [2.45, 2.75) is 50.5 Å². The van der Waals surface area contributed by atoms with E-state index in [9.17, 15) is 10.4 Å². The molecule has 94 valence electrons. The van der Waals surface area contributed by atoms with Crippen molar-refractivity contribution in [1.82, 2.24) is 0 Å².